The summed E-state index contributed by atoms with van der Waals surface area (Å²) in [6.07, 6.45) is -1.92. The number of hydrogen-bond acceptors (Lipinski definition) is 6. The Balaban J connectivity index is 1.65. The number of anilines is 2. The van der Waals surface area contributed by atoms with Gasteiger partial charge in [0.2, 0.25) is 0 Å². The van der Waals surface area contributed by atoms with Crippen molar-refractivity contribution in [3.63, 3.8) is 0 Å². The zero-order valence-corrected chi connectivity index (χ0v) is 18.3. The quantitative estimate of drug-likeness (QED) is 0.469. The Morgan fingerprint density at radius 1 is 1.03 bits per heavy atom. The number of rotatable bonds is 4. The number of nitrogens with zero attached hydrogens (tertiary/aromatic N) is 7. The molecule has 166 valence electrons. The minimum atomic E-state index is -4.49. The highest BCUT2D eigenvalue weighted by molar-refractivity contribution is 6.31. The second-order valence-corrected chi connectivity index (χ2v) is 7.54. The zero-order valence-electron chi connectivity index (χ0n) is 17.5. The largest absolute Gasteiger partial charge is 0.433 e. The molecule has 8 nitrogen and oxygen atoms in total. The van der Waals surface area contributed by atoms with Crippen LogP contribution < -0.4 is 5.32 Å². The summed E-state index contributed by atoms with van der Waals surface area (Å²) in [4.78, 5) is 12.0. The van der Waals surface area contributed by atoms with E-state index in [1.807, 2.05) is 13.8 Å². The second-order valence-electron chi connectivity index (χ2n) is 7.16. The number of pyridine rings is 1. The van der Waals surface area contributed by atoms with Gasteiger partial charge in [0, 0.05) is 30.4 Å². The van der Waals surface area contributed by atoms with Crippen LogP contribution >= 0.6 is 11.6 Å². The van der Waals surface area contributed by atoms with Gasteiger partial charge in [0.05, 0.1) is 22.1 Å². The number of aromatic nitrogens is 7. The third kappa shape index (κ3) is 3.91. The number of aryl methyl sites for hydroxylation is 2. The summed E-state index contributed by atoms with van der Waals surface area (Å²) in [7, 11) is 1.70. The van der Waals surface area contributed by atoms with Crippen molar-refractivity contribution in [1.82, 2.24) is 34.5 Å². The Kier molecular flexibility index (Phi) is 5.37. The molecule has 0 bridgehead atoms. The van der Waals surface area contributed by atoms with Crippen LogP contribution in [0.15, 0.2) is 30.7 Å². The van der Waals surface area contributed by atoms with Crippen molar-refractivity contribution in [1.29, 1.82) is 0 Å². The number of hydrogen-bond donors (Lipinski definition) is 1. The Bertz CT molecular complexity index is 1290. The Morgan fingerprint density at radius 2 is 1.78 bits per heavy atom. The molecule has 0 aliphatic carbocycles. The third-order valence-electron chi connectivity index (χ3n) is 4.93. The summed E-state index contributed by atoms with van der Waals surface area (Å²) in [5.74, 6) is 1.49. The zero-order chi connectivity index (χ0) is 23.2. The fourth-order valence-corrected chi connectivity index (χ4v) is 3.47. The van der Waals surface area contributed by atoms with Gasteiger partial charge in [0.25, 0.3) is 0 Å². The first-order valence-corrected chi connectivity index (χ1v) is 9.82. The lowest BCUT2D eigenvalue weighted by Crippen LogP contribution is -2.07. The van der Waals surface area contributed by atoms with Crippen LogP contribution in [0.5, 0.6) is 0 Å². The van der Waals surface area contributed by atoms with Crippen LogP contribution in [0.2, 0.25) is 5.02 Å². The van der Waals surface area contributed by atoms with Crippen LogP contribution in [0.1, 0.15) is 22.6 Å². The van der Waals surface area contributed by atoms with Crippen LogP contribution in [0, 0.1) is 20.8 Å². The van der Waals surface area contributed by atoms with Crippen molar-refractivity contribution >= 4 is 23.2 Å². The first-order valence-electron chi connectivity index (χ1n) is 9.44. The lowest BCUT2D eigenvalue weighted by molar-refractivity contribution is -0.141. The molecule has 4 heterocycles. The molecule has 0 saturated carbocycles. The van der Waals surface area contributed by atoms with Crippen molar-refractivity contribution in [2.45, 2.75) is 26.9 Å². The standard InChI is InChI=1S/C20H18ClF3N8/c1-10-18(13-5-6-14(25-8-13)20(22,23)24)31(4)30-19(10)28-15-7-16(27-9-26-15)32-12(3)17(21)11(2)29-32/h5-9H,1-4H3,(H,26,27,28,30). The Hall–Kier alpha value is -3.47. The van der Waals surface area contributed by atoms with Crippen LogP contribution in [-0.2, 0) is 13.2 Å². The van der Waals surface area contributed by atoms with Gasteiger partial charge in [-0.05, 0) is 32.9 Å². The van der Waals surface area contributed by atoms with Crippen molar-refractivity contribution in [2.24, 2.45) is 7.05 Å². The Labute approximate surface area is 186 Å². The maximum Gasteiger partial charge on any atom is 0.433 e. The normalized spacial score (nSPS) is 11.8. The van der Waals surface area contributed by atoms with E-state index in [9.17, 15) is 13.2 Å². The maximum absolute atomic E-state index is 12.8. The molecule has 12 heteroatoms. The molecule has 32 heavy (non-hydrogen) atoms. The minimum Gasteiger partial charge on any atom is -0.323 e. The van der Waals surface area contributed by atoms with Gasteiger partial charge in [0.15, 0.2) is 11.6 Å². The van der Waals surface area contributed by atoms with E-state index in [1.165, 1.54) is 18.6 Å². The summed E-state index contributed by atoms with van der Waals surface area (Å²) < 4.78 is 41.6. The molecule has 0 fully saturated rings. The molecule has 0 aliphatic heterocycles. The highest BCUT2D eigenvalue weighted by Crippen LogP contribution is 2.32. The molecule has 0 atom stereocenters. The van der Waals surface area contributed by atoms with Crippen molar-refractivity contribution in [2.75, 3.05) is 5.32 Å². The molecule has 4 rings (SSSR count). The van der Waals surface area contributed by atoms with Gasteiger partial charge in [-0.3, -0.25) is 9.67 Å². The average molecular weight is 463 g/mol. The maximum atomic E-state index is 12.8. The summed E-state index contributed by atoms with van der Waals surface area (Å²) in [6, 6.07) is 4.02. The third-order valence-corrected chi connectivity index (χ3v) is 5.48. The molecule has 0 unspecified atom stereocenters. The van der Waals surface area contributed by atoms with E-state index >= 15 is 0 Å². The van der Waals surface area contributed by atoms with E-state index in [0.29, 0.717) is 39.4 Å². The lowest BCUT2D eigenvalue weighted by atomic mass is 10.1. The fraction of sp³-hybridized carbons (Fsp3) is 0.250. The van der Waals surface area contributed by atoms with E-state index < -0.39 is 11.9 Å². The van der Waals surface area contributed by atoms with E-state index in [2.05, 4.69) is 30.5 Å². The summed E-state index contributed by atoms with van der Waals surface area (Å²) in [5, 5.41) is 12.5. The van der Waals surface area contributed by atoms with Crippen LogP contribution in [-0.4, -0.2) is 34.5 Å². The molecule has 0 spiro atoms. The molecular weight excluding hydrogens is 445 g/mol. The van der Waals surface area contributed by atoms with Gasteiger partial charge in [-0.1, -0.05) is 11.6 Å². The number of halogens is 4. The highest BCUT2D eigenvalue weighted by atomic mass is 35.5. The SMILES string of the molecule is Cc1nn(-c2cc(Nc3nn(C)c(-c4ccc(C(F)(F)F)nc4)c3C)ncn2)c(C)c1Cl. The van der Waals surface area contributed by atoms with Crippen molar-refractivity contribution in [3.8, 4) is 17.1 Å². The predicted octanol–water partition coefficient (Wildman–Crippen LogP) is 4.80. The topological polar surface area (TPSA) is 86.3 Å². The molecular formula is C20H18ClF3N8. The molecule has 0 radical (unpaired) electrons. The van der Waals surface area contributed by atoms with E-state index in [4.69, 9.17) is 11.6 Å². The summed E-state index contributed by atoms with van der Waals surface area (Å²) >= 11 is 6.23. The number of alkyl halides is 3. The highest BCUT2D eigenvalue weighted by Gasteiger charge is 2.32. The van der Waals surface area contributed by atoms with E-state index in [1.54, 1.807) is 29.4 Å². The van der Waals surface area contributed by atoms with Gasteiger partial charge < -0.3 is 5.32 Å². The van der Waals surface area contributed by atoms with E-state index in [-0.39, 0.29) is 0 Å². The van der Waals surface area contributed by atoms with Gasteiger partial charge >= 0.3 is 6.18 Å². The van der Waals surface area contributed by atoms with Crippen LogP contribution in [0.3, 0.4) is 0 Å². The lowest BCUT2D eigenvalue weighted by Gasteiger charge is -2.08. The molecule has 0 aromatic carbocycles. The van der Waals surface area contributed by atoms with Gasteiger partial charge in [-0.15, -0.1) is 0 Å². The summed E-state index contributed by atoms with van der Waals surface area (Å²) in [6.45, 7) is 5.46. The average Bonchev–Trinajstić information content (AvgIpc) is 3.17. The summed E-state index contributed by atoms with van der Waals surface area (Å²) in [5.41, 5.74) is 2.36. The molecule has 0 amide bonds. The fourth-order valence-electron chi connectivity index (χ4n) is 3.35. The smallest absolute Gasteiger partial charge is 0.323 e. The monoisotopic (exact) mass is 462 g/mol. The predicted molar refractivity (Wildman–Crippen MR) is 113 cm³/mol. The van der Waals surface area contributed by atoms with Gasteiger partial charge in [-0.25, -0.2) is 14.6 Å². The van der Waals surface area contributed by atoms with Gasteiger partial charge in [0.1, 0.15) is 17.8 Å². The molecule has 4 aromatic heterocycles. The second kappa shape index (κ2) is 7.90. The first-order chi connectivity index (χ1) is 15.1. The van der Waals surface area contributed by atoms with Crippen molar-refractivity contribution < 1.29 is 13.2 Å². The molecule has 0 aliphatic rings. The molecule has 4 aromatic rings. The molecule has 1 N–H and O–H groups in total. The minimum absolute atomic E-state index is 0.469. The number of nitrogens with one attached hydrogen (secondary N) is 1. The van der Waals surface area contributed by atoms with Gasteiger partial charge in [-0.2, -0.15) is 23.4 Å². The molecule has 0 saturated heterocycles. The van der Waals surface area contributed by atoms with Crippen LogP contribution in [0.25, 0.3) is 17.1 Å². The van der Waals surface area contributed by atoms with E-state index in [0.717, 1.165) is 17.3 Å². The first kappa shape index (κ1) is 21.8. The Morgan fingerprint density at radius 3 is 2.38 bits per heavy atom. The van der Waals surface area contributed by atoms with Crippen molar-refractivity contribution in [3.05, 3.63) is 58.4 Å². The van der Waals surface area contributed by atoms with Crippen LogP contribution in [0.4, 0.5) is 24.8 Å².